The Hall–Kier alpha value is -2.99. The first kappa shape index (κ1) is 32.9. The van der Waals surface area contributed by atoms with Gasteiger partial charge in [-0.05, 0) is 89.1 Å². The number of urea groups is 1. The van der Waals surface area contributed by atoms with E-state index in [1.54, 1.807) is 35.9 Å². The van der Waals surface area contributed by atoms with Gasteiger partial charge >= 0.3 is 11.7 Å². The van der Waals surface area contributed by atoms with Gasteiger partial charge in [0.05, 0.1) is 11.2 Å². The molecule has 3 amide bonds. The highest BCUT2D eigenvalue weighted by Crippen LogP contribution is 2.33. The van der Waals surface area contributed by atoms with E-state index in [0.29, 0.717) is 38.3 Å². The quantitative estimate of drug-likeness (QED) is 0.396. The van der Waals surface area contributed by atoms with Crippen molar-refractivity contribution >= 4 is 30.2 Å². The number of amides is 3. The molecule has 1 aromatic carbocycles. The van der Waals surface area contributed by atoms with E-state index in [2.05, 4.69) is 39.7 Å². The van der Waals surface area contributed by atoms with Crippen molar-refractivity contribution in [2.45, 2.75) is 76.5 Å². The van der Waals surface area contributed by atoms with Gasteiger partial charge in [-0.25, -0.2) is 9.59 Å². The number of anilines is 1. The number of carbonyl (C=O) groups excluding carboxylic acids is 2. The molecule has 1 aliphatic heterocycles. The Balaban J connectivity index is 0.00000423. The molecule has 0 radical (unpaired) electrons. The molecule has 236 valence electrons. The number of benzene rings is 1. The molecule has 0 bridgehead atoms. The summed E-state index contributed by atoms with van der Waals surface area (Å²) in [5.41, 5.74) is 6.51. The fraction of sp³-hybridized carbons (Fsp3) is 0.613. The lowest BCUT2D eigenvalue weighted by atomic mass is 9.90. The maximum Gasteiger partial charge on any atom is 0.354 e. The van der Waals surface area contributed by atoms with Gasteiger partial charge in [-0.1, -0.05) is 12.1 Å². The van der Waals surface area contributed by atoms with E-state index in [1.165, 1.54) is 55.2 Å². The largest absolute Gasteiger partial charge is 0.354 e. The van der Waals surface area contributed by atoms with Crippen molar-refractivity contribution in [1.29, 1.82) is 0 Å². The zero-order valence-corrected chi connectivity index (χ0v) is 26.4. The van der Waals surface area contributed by atoms with Crippen molar-refractivity contribution < 1.29 is 9.59 Å². The zero-order chi connectivity index (χ0) is 29.9. The molecule has 2 saturated carbocycles. The van der Waals surface area contributed by atoms with Gasteiger partial charge in [0.2, 0.25) is 5.91 Å². The Kier molecular flexibility index (Phi) is 10.9. The summed E-state index contributed by atoms with van der Waals surface area (Å²) in [6, 6.07) is 10.7. The third kappa shape index (κ3) is 8.56. The maximum absolute atomic E-state index is 12.9. The van der Waals surface area contributed by atoms with Gasteiger partial charge in [-0.2, -0.15) is 4.98 Å². The molecule has 12 heteroatoms. The predicted octanol–water partition coefficient (Wildman–Crippen LogP) is 2.81. The Bertz CT molecular complexity index is 1290. The molecular weight excluding hydrogens is 568 g/mol. The summed E-state index contributed by atoms with van der Waals surface area (Å²) < 4.78 is 1.49. The SMILES string of the molecule is CNC1CCC(N(Cc2ccc(-n3ccc(NC(=O)N4CCN(C(=O)C(C)(C)N)CC4)nc3=O)cc2)CC2CC2)CC1.Cl. The number of nitrogens with one attached hydrogen (secondary N) is 2. The topological polar surface area (TPSA) is 129 Å². The molecule has 3 fully saturated rings. The number of carbonyl (C=O) groups is 2. The van der Waals surface area contributed by atoms with Crippen LogP contribution in [0.3, 0.4) is 0 Å². The van der Waals surface area contributed by atoms with E-state index < -0.39 is 11.2 Å². The van der Waals surface area contributed by atoms with Crippen LogP contribution in [0.2, 0.25) is 0 Å². The summed E-state index contributed by atoms with van der Waals surface area (Å²) in [6.45, 7) is 7.04. The van der Waals surface area contributed by atoms with Gasteiger partial charge in [-0.3, -0.25) is 19.6 Å². The van der Waals surface area contributed by atoms with Gasteiger partial charge in [0, 0.05) is 57.5 Å². The summed E-state index contributed by atoms with van der Waals surface area (Å²) in [5.74, 6) is 0.902. The number of nitrogens with zero attached hydrogens (tertiary/aromatic N) is 5. The van der Waals surface area contributed by atoms with Crippen LogP contribution in [0.25, 0.3) is 5.69 Å². The van der Waals surface area contributed by atoms with Crippen LogP contribution >= 0.6 is 12.4 Å². The van der Waals surface area contributed by atoms with E-state index in [9.17, 15) is 14.4 Å². The normalized spacial score (nSPS) is 21.0. The van der Waals surface area contributed by atoms with Crippen LogP contribution in [0.4, 0.5) is 10.6 Å². The monoisotopic (exact) mass is 614 g/mol. The van der Waals surface area contributed by atoms with Gasteiger partial charge in [-0.15, -0.1) is 12.4 Å². The molecular formula is C31H47ClN8O3. The molecule has 4 N–H and O–H groups in total. The van der Waals surface area contributed by atoms with Crippen LogP contribution in [0, 0.1) is 5.92 Å². The van der Waals surface area contributed by atoms with Crippen LogP contribution in [0.15, 0.2) is 41.3 Å². The molecule has 2 aromatic rings. The minimum Gasteiger partial charge on any atom is -0.338 e. The van der Waals surface area contributed by atoms with Crippen LogP contribution in [0.5, 0.6) is 0 Å². The first-order valence-electron chi connectivity index (χ1n) is 15.3. The highest BCUT2D eigenvalue weighted by atomic mass is 35.5. The highest BCUT2D eigenvalue weighted by molar-refractivity contribution is 5.89. The molecule has 43 heavy (non-hydrogen) atoms. The Morgan fingerprint density at radius 2 is 1.60 bits per heavy atom. The number of rotatable bonds is 9. The van der Waals surface area contributed by atoms with Crippen molar-refractivity contribution in [3.8, 4) is 5.69 Å². The third-order valence-electron chi connectivity index (χ3n) is 8.86. The first-order chi connectivity index (χ1) is 20.1. The standard InChI is InChI=1S/C31H46N8O3.ClH/c1-31(2,32)28(40)36-16-18-37(19-17-36)29(41)34-27-14-15-39(30(42)35-27)26-10-6-23(7-11-26)21-38(20-22-4-5-22)25-12-8-24(33-3)9-13-25;/h6-7,10-11,14-15,22,24-25,33H,4-5,8-9,12-13,16-21,32H2,1-3H3,(H,34,35,41,42);1H. The van der Waals surface area contributed by atoms with Gasteiger partial charge < -0.3 is 20.9 Å². The number of nitrogens with two attached hydrogens (primary N) is 1. The van der Waals surface area contributed by atoms with E-state index in [1.807, 2.05) is 12.1 Å². The van der Waals surface area contributed by atoms with Crippen molar-refractivity contribution in [3.63, 3.8) is 0 Å². The van der Waals surface area contributed by atoms with Crippen LogP contribution in [-0.4, -0.2) is 93.6 Å². The fourth-order valence-corrected chi connectivity index (χ4v) is 6.08. The number of hydrogen-bond acceptors (Lipinski definition) is 7. The van der Waals surface area contributed by atoms with Gasteiger partial charge in [0.1, 0.15) is 5.82 Å². The average Bonchev–Trinajstić information content (AvgIpc) is 3.81. The number of hydrogen-bond donors (Lipinski definition) is 3. The van der Waals surface area contributed by atoms with E-state index in [4.69, 9.17) is 5.73 Å². The second kappa shape index (κ2) is 14.2. The predicted molar refractivity (Wildman–Crippen MR) is 171 cm³/mol. The van der Waals surface area contributed by atoms with Crippen molar-refractivity contribution in [2.24, 2.45) is 11.7 Å². The molecule has 1 aromatic heterocycles. The van der Waals surface area contributed by atoms with E-state index >= 15 is 0 Å². The van der Waals surface area contributed by atoms with E-state index in [0.717, 1.165) is 18.2 Å². The summed E-state index contributed by atoms with van der Waals surface area (Å²) in [4.78, 5) is 48.1. The lowest BCUT2D eigenvalue weighted by Gasteiger charge is -2.37. The lowest BCUT2D eigenvalue weighted by Crippen LogP contribution is -2.58. The average molecular weight is 615 g/mol. The van der Waals surface area contributed by atoms with Gasteiger partial charge in [0.25, 0.3) is 0 Å². The Labute approximate surface area is 260 Å². The highest BCUT2D eigenvalue weighted by Gasteiger charge is 2.32. The second-order valence-corrected chi connectivity index (χ2v) is 12.7. The fourth-order valence-electron chi connectivity index (χ4n) is 6.08. The second-order valence-electron chi connectivity index (χ2n) is 12.7. The van der Waals surface area contributed by atoms with Crippen molar-refractivity contribution in [2.75, 3.05) is 45.1 Å². The van der Waals surface area contributed by atoms with Gasteiger partial charge in [0.15, 0.2) is 0 Å². The van der Waals surface area contributed by atoms with E-state index in [-0.39, 0.29) is 30.2 Å². The molecule has 5 rings (SSSR count). The minimum absolute atomic E-state index is 0. The first-order valence-corrected chi connectivity index (χ1v) is 15.3. The molecule has 1 saturated heterocycles. The Morgan fingerprint density at radius 3 is 2.16 bits per heavy atom. The third-order valence-corrected chi connectivity index (χ3v) is 8.86. The summed E-state index contributed by atoms with van der Waals surface area (Å²) in [5, 5.41) is 6.16. The van der Waals surface area contributed by atoms with Crippen molar-refractivity contribution in [1.82, 2.24) is 29.6 Å². The molecule has 0 spiro atoms. The zero-order valence-electron chi connectivity index (χ0n) is 25.6. The smallest absolute Gasteiger partial charge is 0.338 e. The molecule has 0 atom stereocenters. The minimum atomic E-state index is -0.944. The number of piperazine rings is 1. The van der Waals surface area contributed by atoms with Crippen molar-refractivity contribution in [3.05, 3.63) is 52.6 Å². The maximum atomic E-state index is 12.9. The summed E-state index contributed by atoms with van der Waals surface area (Å²) in [7, 11) is 2.07. The summed E-state index contributed by atoms with van der Waals surface area (Å²) >= 11 is 0. The van der Waals surface area contributed by atoms with Crippen LogP contribution in [0.1, 0.15) is 57.9 Å². The Morgan fingerprint density at radius 1 is 0.977 bits per heavy atom. The molecule has 3 aliphatic rings. The molecule has 2 aliphatic carbocycles. The molecule has 11 nitrogen and oxygen atoms in total. The van der Waals surface area contributed by atoms with Crippen LogP contribution < -0.4 is 22.1 Å². The van der Waals surface area contributed by atoms with Crippen LogP contribution in [-0.2, 0) is 11.3 Å². The lowest BCUT2D eigenvalue weighted by molar-refractivity contribution is -0.137. The number of aromatic nitrogens is 2. The summed E-state index contributed by atoms with van der Waals surface area (Å²) in [6.07, 6.45) is 9.28. The molecule has 0 unspecified atom stereocenters. The molecule has 2 heterocycles. The number of halogens is 1.